The lowest BCUT2D eigenvalue weighted by Crippen LogP contribution is -2.20. The fourth-order valence-electron chi connectivity index (χ4n) is 2.63. The van der Waals surface area contributed by atoms with Crippen LogP contribution in [0.3, 0.4) is 0 Å². The molecule has 8 heteroatoms. The van der Waals surface area contributed by atoms with Crippen LogP contribution in [0.4, 0.5) is 11.4 Å². The zero-order valence-corrected chi connectivity index (χ0v) is 20.6. The minimum Gasteiger partial charge on any atom is -0.481 e. The van der Waals surface area contributed by atoms with Crippen LogP contribution < -0.4 is 15.4 Å². The molecule has 0 radical (unpaired) electrons. The van der Waals surface area contributed by atoms with Gasteiger partial charge in [-0.1, -0.05) is 29.3 Å². The average molecular weight is 573 g/mol. The van der Waals surface area contributed by atoms with E-state index in [9.17, 15) is 4.79 Å². The highest BCUT2D eigenvalue weighted by atomic mass is 79.9. The second kappa shape index (κ2) is 10.5. The number of carbonyl (C=O) groups is 1. The molecular formula is C22H18Br2Cl2N2O2. The predicted octanol–water partition coefficient (Wildman–Crippen LogP) is 7.46. The molecule has 0 aromatic heterocycles. The monoisotopic (exact) mass is 570 g/mol. The summed E-state index contributed by atoms with van der Waals surface area (Å²) in [5.74, 6) is 0.282. The third-order valence-electron chi connectivity index (χ3n) is 4.20. The van der Waals surface area contributed by atoms with Gasteiger partial charge in [0.15, 0.2) is 6.61 Å². The number of carbonyl (C=O) groups excluding carboxylic acids is 1. The van der Waals surface area contributed by atoms with Crippen LogP contribution in [0.1, 0.15) is 11.1 Å². The smallest absolute Gasteiger partial charge is 0.262 e. The molecule has 0 atom stereocenters. The molecule has 3 rings (SSSR count). The standard InChI is InChI=1S/C22H18Br2Cl2N2O2/c1-13-2-5-17(10-20(13)26)28-21(29)12-30-22-18(23)8-14(9-19(22)24)11-27-16-6-3-15(25)4-7-16/h2-10,27H,11-12H2,1H3,(H,28,29). The van der Waals surface area contributed by atoms with E-state index in [1.54, 1.807) is 12.1 Å². The molecule has 0 unspecified atom stereocenters. The van der Waals surface area contributed by atoms with Crippen molar-refractivity contribution in [1.29, 1.82) is 0 Å². The lowest BCUT2D eigenvalue weighted by Gasteiger charge is -2.13. The van der Waals surface area contributed by atoms with Crippen molar-refractivity contribution in [2.75, 3.05) is 17.2 Å². The Bertz CT molecular complexity index is 1040. The summed E-state index contributed by atoms with van der Waals surface area (Å²) in [5.41, 5.74) is 3.58. The van der Waals surface area contributed by atoms with Crippen molar-refractivity contribution in [2.24, 2.45) is 0 Å². The van der Waals surface area contributed by atoms with Gasteiger partial charge < -0.3 is 15.4 Å². The van der Waals surface area contributed by atoms with Crippen LogP contribution in [0.25, 0.3) is 0 Å². The molecule has 1 amide bonds. The molecule has 3 aromatic rings. The van der Waals surface area contributed by atoms with Gasteiger partial charge >= 0.3 is 0 Å². The summed E-state index contributed by atoms with van der Waals surface area (Å²) in [6.07, 6.45) is 0. The SMILES string of the molecule is Cc1ccc(NC(=O)COc2c(Br)cc(CNc3ccc(Cl)cc3)cc2Br)cc1Cl. The Labute approximate surface area is 202 Å². The summed E-state index contributed by atoms with van der Waals surface area (Å²) in [6.45, 7) is 2.39. The Kier molecular flexibility index (Phi) is 8.06. The van der Waals surface area contributed by atoms with Crippen LogP contribution in [0.5, 0.6) is 5.75 Å². The molecule has 0 aliphatic carbocycles. The van der Waals surface area contributed by atoms with Gasteiger partial charge in [-0.15, -0.1) is 0 Å². The third kappa shape index (κ3) is 6.38. The van der Waals surface area contributed by atoms with Gasteiger partial charge in [-0.2, -0.15) is 0 Å². The summed E-state index contributed by atoms with van der Waals surface area (Å²) in [4.78, 5) is 12.2. The number of nitrogens with one attached hydrogen (secondary N) is 2. The van der Waals surface area contributed by atoms with E-state index < -0.39 is 0 Å². The maximum Gasteiger partial charge on any atom is 0.262 e. The first-order chi connectivity index (χ1) is 14.3. The Balaban J connectivity index is 1.58. The number of amides is 1. The topological polar surface area (TPSA) is 50.4 Å². The lowest BCUT2D eigenvalue weighted by molar-refractivity contribution is -0.118. The number of halogens is 4. The molecule has 0 aliphatic heterocycles. The second-order valence-electron chi connectivity index (χ2n) is 6.55. The number of hydrogen-bond donors (Lipinski definition) is 2. The van der Waals surface area contributed by atoms with E-state index >= 15 is 0 Å². The van der Waals surface area contributed by atoms with Gasteiger partial charge in [0.1, 0.15) is 5.75 Å². The van der Waals surface area contributed by atoms with Crippen LogP contribution in [0, 0.1) is 6.92 Å². The Morgan fingerprint density at radius 3 is 2.23 bits per heavy atom. The number of aryl methyl sites for hydroxylation is 1. The van der Waals surface area contributed by atoms with Gasteiger partial charge in [-0.25, -0.2) is 0 Å². The van der Waals surface area contributed by atoms with Crippen molar-refractivity contribution in [3.63, 3.8) is 0 Å². The molecule has 0 fully saturated rings. The Morgan fingerprint density at radius 2 is 1.60 bits per heavy atom. The zero-order chi connectivity index (χ0) is 21.7. The number of hydrogen-bond acceptors (Lipinski definition) is 3. The second-order valence-corrected chi connectivity index (χ2v) is 9.10. The van der Waals surface area contributed by atoms with E-state index in [-0.39, 0.29) is 12.5 Å². The quantitative estimate of drug-likeness (QED) is 0.309. The largest absolute Gasteiger partial charge is 0.481 e. The van der Waals surface area contributed by atoms with Crippen molar-refractivity contribution in [3.8, 4) is 5.75 Å². The molecule has 156 valence electrons. The van der Waals surface area contributed by atoms with Crippen molar-refractivity contribution >= 4 is 72.3 Å². The number of ether oxygens (including phenoxy) is 1. The molecule has 0 spiro atoms. The fraction of sp³-hybridized carbons (Fsp3) is 0.136. The van der Waals surface area contributed by atoms with E-state index in [1.807, 2.05) is 49.4 Å². The van der Waals surface area contributed by atoms with Gasteiger partial charge in [0.05, 0.1) is 8.95 Å². The van der Waals surface area contributed by atoms with E-state index in [0.717, 1.165) is 25.8 Å². The summed E-state index contributed by atoms with van der Waals surface area (Å²) < 4.78 is 7.21. The molecule has 0 saturated heterocycles. The summed E-state index contributed by atoms with van der Waals surface area (Å²) in [7, 11) is 0. The van der Waals surface area contributed by atoms with Gasteiger partial charge in [0.2, 0.25) is 0 Å². The van der Waals surface area contributed by atoms with E-state index in [1.165, 1.54) is 0 Å². The van der Waals surface area contributed by atoms with E-state index in [2.05, 4.69) is 42.5 Å². The zero-order valence-electron chi connectivity index (χ0n) is 15.9. The van der Waals surface area contributed by atoms with Crippen LogP contribution in [-0.4, -0.2) is 12.5 Å². The Hall–Kier alpha value is -1.73. The molecular weight excluding hydrogens is 555 g/mol. The molecule has 4 nitrogen and oxygen atoms in total. The number of anilines is 2. The minimum atomic E-state index is -0.276. The van der Waals surface area contributed by atoms with E-state index in [0.29, 0.717) is 28.0 Å². The van der Waals surface area contributed by atoms with Gasteiger partial charge in [0, 0.05) is 28.0 Å². The fourth-order valence-corrected chi connectivity index (χ4v) is 4.45. The molecule has 3 aromatic carbocycles. The van der Waals surface area contributed by atoms with Crippen LogP contribution >= 0.6 is 55.1 Å². The van der Waals surface area contributed by atoms with Gasteiger partial charge in [-0.3, -0.25) is 4.79 Å². The van der Waals surface area contributed by atoms with Crippen LogP contribution in [-0.2, 0) is 11.3 Å². The van der Waals surface area contributed by atoms with Crippen molar-refractivity contribution in [3.05, 3.63) is 84.7 Å². The molecule has 30 heavy (non-hydrogen) atoms. The first kappa shape index (κ1) is 22.9. The molecule has 0 heterocycles. The highest BCUT2D eigenvalue weighted by Crippen LogP contribution is 2.35. The average Bonchev–Trinajstić information content (AvgIpc) is 2.70. The van der Waals surface area contributed by atoms with Gasteiger partial charge in [-0.05, 0) is 98.4 Å². The first-order valence-electron chi connectivity index (χ1n) is 8.98. The van der Waals surface area contributed by atoms with Crippen molar-refractivity contribution in [1.82, 2.24) is 0 Å². The van der Waals surface area contributed by atoms with Crippen molar-refractivity contribution in [2.45, 2.75) is 13.5 Å². The highest BCUT2D eigenvalue weighted by Gasteiger charge is 2.12. The lowest BCUT2D eigenvalue weighted by atomic mass is 10.2. The summed E-state index contributed by atoms with van der Waals surface area (Å²) in [6, 6.07) is 16.8. The molecule has 0 aliphatic rings. The van der Waals surface area contributed by atoms with Gasteiger partial charge in [0.25, 0.3) is 5.91 Å². The third-order valence-corrected chi connectivity index (χ3v) is 6.04. The number of benzene rings is 3. The maximum atomic E-state index is 12.2. The van der Waals surface area contributed by atoms with Crippen LogP contribution in [0.2, 0.25) is 10.0 Å². The predicted molar refractivity (Wildman–Crippen MR) is 131 cm³/mol. The molecule has 2 N–H and O–H groups in total. The molecule has 0 bridgehead atoms. The normalized spacial score (nSPS) is 10.6. The summed E-state index contributed by atoms with van der Waals surface area (Å²) in [5, 5.41) is 7.40. The van der Waals surface area contributed by atoms with E-state index in [4.69, 9.17) is 27.9 Å². The van der Waals surface area contributed by atoms with Crippen LogP contribution in [0.15, 0.2) is 63.5 Å². The number of rotatable bonds is 7. The first-order valence-corrected chi connectivity index (χ1v) is 11.3. The highest BCUT2D eigenvalue weighted by molar-refractivity contribution is 9.11. The summed E-state index contributed by atoms with van der Waals surface area (Å²) >= 11 is 19.0. The minimum absolute atomic E-state index is 0.134. The van der Waals surface area contributed by atoms with Crippen molar-refractivity contribution < 1.29 is 9.53 Å². The molecule has 0 saturated carbocycles. The Morgan fingerprint density at radius 1 is 0.967 bits per heavy atom. The maximum absolute atomic E-state index is 12.2.